The summed E-state index contributed by atoms with van der Waals surface area (Å²) in [6.45, 7) is 1.01. The summed E-state index contributed by atoms with van der Waals surface area (Å²) >= 11 is 0. The van der Waals surface area contributed by atoms with Gasteiger partial charge in [-0.3, -0.25) is 9.48 Å². The van der Waals surface area contributed by atoms with Gasteiger partial charge in [-0.15, -0.1) is 5.10 Å². The predicted molar refractivity (Wildman–Crippen MR) is 80.0 cm³/mol. The van der Waals surface area contributed by atoms with Gasteiger partial charge < -0.3 is 5.32 Å². The lowest BCUT2D eigenvalue weighted by molar-refractivity contribution is -0.124. The van der Waals surface area contributed by atoms with E-state index < -0.39 is 6.04 Å². The van der Waals surface area contributed by atoms with Crippen LogP contribution in [-0.4, -0.2) is 47.4 Å². The van der Waals surface area contributed by atoms with E-state index >= 15 is 0 Å². The van der Waals surface area contributed by atoms with Gasteiger partial charge in [0.1, 0.15) is 25.0 Å². The van der Waals surface area contributed by atoms with Crippen LogP contribution < -0.4 is 5.32 Å². The Morgan fingerprint density at radius 2 is 2.09 bits per heavy atom. The highest BCUT2D eigenvalue weighted by Crippen LogP contribution is 2.13. The molecule has 2 heterocycles. The van der Waals surface area contributed by atoms with Crippen molar-refractivity contribution in [3.8, 4) is 0 Å². The second kappa shape index (κ2) is 7.25. The molecule has 1 N–H and O–H groups in total. The molecule has 118 valence electrons. The summed E-state index contributed by atoms with van der Waals surface area (Å²) in [5.41, 5.74) is 1.04. The van der Waals surface area contributed by atoms with Gasteiger partial charge in [0.2, 0.25) is 5.91 Å². The first-order chi connectivity index (χ1) is 11.3. The number of tetrazole rings is 1. The zero-order valence-electron chi connectivity index (χ0n) is 12.4. The number of amides is 1. The Bertz CT molecular complexity index is 711. The summed E-state index contributed by atoms with van der Waals surface area (Å²) in [5, 5.41) is 18.0. The standard InChI is InChI=1S/C14H16N8O/c23-14(16-6-7-21-10-15-9-18-21)13(22-11-17-19-20-22)8-12-4-2-1-3-5-12/h1-5,9-11,13H,6-8H2,(H,16,23). The highest BCUT2D eigenvalue weighted by molar-refractivity contribution is 5.80. The van der Waals surface area contributed by atoms with Crippen molar-refractivity contribution >= 4 is 5.91 Å². The Kier molecular flexibility index (Phi) is 4.67. The maximum Gasteiger partial charge on any atom is 0.245 e. The first-order valence-electron chi connectivity index (χ1n) is 7.19. The van der Waals surface area contributed by atoms with Crippen LogP contribution in [0.1, 0.15) is 11.6 Å². The summed E-state index contributed by atoms with van der Waals surface area (Å²) in [6.07, 6.45) is 5.03. The Morgan fingerprint density at radius 3 is 2.78 bits per heavy atom. The van der Waals surface area contributed by atoms with Crippen molar-refractivity contribution < 1.29 is 4.79 Å². The Hall–Kier alpha value is -3.10. The molecule has 0 aliphatic heterocycles. The SMILES string of the molecule is O=C(NCCn1cncn1)C(Cc1ccccc1)n1cnnn1. The Labute approximate surface area is 132 Å². The number of rotatable bonds is 7. The highest BCUT2D eigenvalue weighted by atomic mass is 16.2. The van der Waals surface area contributed by atoms with E-state index in [0.29, 0.717) is 19.5 Å². The van der Waals surface area contributed by atoms with Crippen LogP contribution >= 0.6 is 0 Å². The van der Waals surface area contributed by atoms with E-state index in [0.717, 1.165) is 5.56 Å². The van der Waals surface area contributed by atoms with E-state index in [9.17, 15) is 4.79 Å². The molecule has 0 radical (unpaired) electrons. The molecule has 1 atom stereocenters. The quantitative estimate of drug-likeness (QED) is 0.651. The predicted octanol–water partition coefficient (Wildman–Crippen LogP) is -0.135. The molecular formula is C14H16N8O. The van der Waals surface area contributed by atoms with Gasteiger partial charge in [0.15, 0.2) is 0 Å². The molecule has 0 saturated carbocycles. The summed E-state index contributed by atoms with van der Waals surface area (Å²) in [4.78, 5) is 16.4. The maximum absolute atomic E-state index is 12.5. The highest BCUT2D eigenvalue weighted by Gasteiger charge is 2.21. The molecule has 3 aromatic rings. The minimum atomic E-state index is -0.497. The van der Waals surface area contributed by atoms with Gasteiger partial charge >= 0.3 is 0 Å². The van der Waals surface area contributed by atoms with Gasteiger partial charge in [-0.05, 0) is 16.0 Å². The number of carbonyl (C=O) groups excluding carboxylic acids is 1. The normalized spacial score (nSPS) is 12.0. The van der Waals surface area contributed by atoms with E-state index in [1.807, 2.05) is 30.3 Å². The molecule has 23 heavy (non-hydrogen) atoms. The van der Waals surface area contributed by atoms with Crippen molar-refractivity contribution in [2.75, 3.05) is 6.54 Å². The zero-order valence-corrected chi connectivity index (χ0v) is 12.4. The van der Waals surface area contributed by atoms with Crippen LogP contribution in [0, 0.1) is 0 Å². The molecule has 0 spiro atoms. The number of hydrogen-bond donors (Lipinski definition) is 1. The molecule has 3 rings (SSSR count). The van der Waals surface area contributed by atoms with E-state index in [4.69, 9.17) is 0 Å². The molecule has 0 bridgehead atoms. The van der Waals surface area contributed by atoms with Crippen molar-refractivity contribution in [1.29, 1.82) is 0 Å². The number of hydrogen-bond acceptors (Lipinski definition) is 6. The number of carbonyl (C=O) groups is 1. The average Bonchev–Trinajstić information content (AvgIpc) is 3.27. The number of aromatic nitrogens is 7. The first kappa shape index (κ1) is 14.8. The van der Waals surface area contributed by atoms with Crippen LogP contribution in [0.2, 0.25) is 0 Å². The lowest BCUT2D eigenvalue weighted by Gasteiger charge is -2.16. The molecule has 0 fully saturated rings. The lowest BCUT2D eigenvalue weighted by Crippen LogP contribution is -2.36. The van der Waals surface area contributed by atoms with Crippen molar-refractivity contribution in [3.63, 3.8) is 0 Å². The molecule has 2 aromatic heterocycles. The number of benzene rings is 1. The fourth-order valence-electron chi connectivity index (χ4n) is 2.21. The Balaban J connectivity index is 1.64. The van der Waals surface area contributed by atoms with Gasteiger partial charge in [-0.1, -0.05) is 30.3 Å². The first-order valence-corrected chi connectivity index (χ1v) is 7.19. The van der Waals surface area contributed by atoms with Gasteiger partial charge in [0, 0.05) is 13.0 Å². The van der Waals surface area contributed by atoms with Crippen LogP contribution in [0.5, 0.6) is 0 Å². The van der Waals surface area contributed by atoms with E-state index in [1.54, 1.807) is 11.0 Å². The zero-order chi connectivity index (χ0) is 15.9. The molecule has 9 nitrogen and oxygen atoms in total. The maximum atomic E-state index is 12.5. The fraction of sp³-hybridized carbons (Fsp3) is 0.286. The minimum absolute atomic E-state index is 0.138. The molecule has 1 aromatic carbocycles. The van der Waals surface area contributed by atoms with E-state index in [2.05, 4.69) is 30.9 Å². The van der Waals surface area contributed by atoms with Crippen molar-refractivity contribution in [3.05, 3.63) is 54.9 Å². The topological polar surface area (TPSA) is 103 Å². The smallest absolute Gasteiger partial charge is 0.245 e. The van der Waals surface area contributed by atoms with Crippen LogP contribution in [0.25, 0.3) is 0 Å². The summed E-state index contributed by atoms with van der Waals surface area (Å²) in [7, 11) is 0. The molecule has 1 amide bonds. The molecule has 1 unspecified atom stereocenters. The van der Waals surface area contributed by atoms with Crippen molar-refractivity contribution in [1.82, 2.24) is 40.3 Å². The lowest BCUT2D eigenvalue weighted by atomic mass is 10.1. The summed E-state index contributed by atoms with van der Waals surface area (Å²) < 4.78 is 3.13. The van der Waals surface area contributed by atoms with Crippen molar-refractivity contribution in [2.45, 2.75) is 19.0 Å². The summed E-state index contributed by atoms with van der Waals surface area (Å²) in [5.74, 6) is -0.138. The van der Waals surface area contributed by atoms with E-state index in [-0.39, 0.29) is 5.91 Å². The van der Waals surface area contributed by atoms with Gasteiger partial charge in [0.25, 0.3) is 0 Å². The molecule has 0 aliphatic carbocycles. The van der Waals surface area contributed by atoms with Crippen LogP contribution in [-0.2, 0) is 17.8 Å². The fourth-order valence-corrected chi connectivity index (χ4v) is 2.21. The molecule has 0 saturated heterocycles. The minimum Gasteiger partial charge on any atom is -0.352 e. The van der Waals surface area contributed by atoms with Crippen LogP contribution in [0.4, 0.5) is 0 Å². The Morgan fingerprint density at radius 1 is 1.22 bits per heavy atom. The van der Waals surface area contributed by atoms with Gasteiger partial charge in [-0.2, -0.15) is 5.10 Å². The van der Waals surface area contributed by atoms with Gasteiger partial charge in [-0.25, -0.2) is 9.67 Å². The van der Waals surface area contributed by atoms with Crippen LogP contribution in [0.3, 0.4) is 0 Å². The van der Waals surface area contributed by atoms with Crippen LogP contribution in [0.15, 0.2) is 49.3 Å². The molecule has 0 aliphatic rings. The van der Waals surface area contributed by atoms with E-state index in [1.165, 1.54) is 17.3 Å². The number of nitrogens with one attached hydrogen (secondary N) is 1. The monoisotopic (exact) mass is 312 g/mol. The second-order valence-corrected chi connectivity index (χ2v) is 4.94. The average molecular weight is 312 g/mol. The van der Waals surface area contributed by atoms with Gasteiger partial charge in [0.05, 0.1) is 6.54 Å². The largest absolute Gasteiger partial charge is 0.352 e. The number of nitrogens with zero attached hydrogens (tertiary/aromatic N) is 7. The molecular weight excluding hydrogens is 296 g/mol. The third kappa shape index (κ3) is 3.96. The third-order valence-electron chi connectivity index (χ3n) is 3.37. The molecule has 9 heteroatoms. The second-order valence-electron chi connectivity index (χ2n) is 4.94. The summed E-state index contributed by atoms with van der Waals surface area (Å²) in [6, 6.07) is 9.26. The van der Waals surface area contributed by atoms with Crippen molar-refractivity contribution in [2.24, 2.45) is 0 Å². The third-order valence-corrected chi connectivity index (χ3v) is 3.37.